The topological polar surface area (TPSA) is 92.5 Å². The van der Waals surface area contributed by atoms with Crippen molar-refractivity contribution in [2.45, 2.75) is 19.0 Å². The summed E-state index contributed by atoms with van der Waals surface area (Å²) in [5.74, 6) is 0.662. The number of halogens is 1. The van der Waals surface area contributed by atoms with Crippen molar-refractivity contribution in [1.82, 2.24) is 4.90 Å². The molecular formula is C15H20ClN3O3S2. The molecule has 24 heavy (non-hydrogen) atoms. The molecule has 0 unspecified atom stereocenters. The van der Waals surface area contributed by atoms with Crippen molar-refractivity contribution < 1.29 is 14.4 Å². The van der Waals surface area contributed by atoms with Crippen LogP contribution in [-0.2, 0) is 16.1 Å². The van der Waals surface area contributed by atoms with E-state index in [2.05, 4.69) is 5.32 Å². The molecule has 0 bridgehead atoms. The van der Waals surface area contributed by atoms with Crippen molar-refractivity contribution in [3.63, 3.8) is 0 Å². The number of imide groups is 1. The van der Waals surface area contributed by atoms with Crippen LogP contribution in [0.15, 0.2) is 24.3 Å². The zero-order valence-electron chi connectivity index (χ0n) is 13.2. The Morgan fingerprint density at radius 3 is 2.58 bits per heavy atom. The molecule has 2 rings (SSSR count). The number of amides is 3. The Labute approximate surface area is 155 Å². The molecule has 132 valence electrons. The molecule has 1 heterocycles. The van der Waals surface area contributed by atoms with Crippen molar-refractivity contribution in [2.75, 3.05) is 23.1 Å². The average Bonchev–Trinajstić information content (AvgIpc) is 2.86. The van der Waals surface area contributed by atoms with E-state index < -0.39 is 6.04 Å². The fraction of sp³-hybridized carbons (Fsp3) is 0.400. The Balaban J connectivity index is 0.00000288. The van der Waals surface area contributed by atoms with Gasteiger partial charge in [0.05, 0.1) is 18.3 Å². The van der Waals surface area contributed by atoms with E-state index in [1.807, 2.05) is 6.26 Å². The summed E-state index contributed by atoms with van der Waals surface area (Å²) >= 11 is 2.67. The third-order valence-electron chi connectivity index (χ3n) is 3.37. The largest absolute Gasteiger partial charge is 0.325 e. The normalized spacial score (nSPS) is 15.2. The monoisotopic (exact) mass is 389 g/mol. The van der Waals surface area contributed by atoms with Crippen LogP contribution in [0.5, 0.6) is 0 Å². The van der Waals surface area contributed by atoms with Crippen LogP contribution in [0.4, 0.5) is 10.5 Å². The highest BCUT2D eigenvalue weighted by atomic mass is 35.5. The van der Waals surface area contributed by atoms with Gasteiger partial charge < -0.3 is 11.1 Å². The molecule has 6 nitrogen and oxygen atoms in total. The molecule has 1 fully saturated rings. The van der Waals surface area contributed by atoms with Gasteiger partial charge >= 0.3 is 0 Å². The van der Waals surface area contributed by atoms with Crippen LogP contribution < -0.4 is 11.1 Å². The van der Waals surface area contributed by atoms with Gasteiger partial charge in [0.15, 0.2) is 0 Å². The number of nitrogens with one attached hydrogen (secondary N) is 1. The van der Waals surface area contributed by atoms with Crippen LogP contribution in [0.3, 0.4) is 0 Å². The summed E-state index contributed by atoms with van der Waals surface area (Å²) in [6.07, 6.45) is 2.60. The zero-order chi connectivity index (χ0) is 16.8. The lowest BCUT2D eigenvalue weighted by atomic mass is 10.1. The van der Waals surface area contributed by atoms with E-state index in [9.17, 15) is 14.4 Å². The van der Waals surface area contributed by atoms with E-state index in [1.54, 1.807) is 36.0 Å². The van der Waals surface area contributed by atoms with Gasteiger partial charge in [-0.25, -0.2) is 0 Å². The maximum absolute atomic E-state index is 11.9. The van der Waals surface area contributed by atoms with E-state index in [1.165, 1.54) is 4.90 Å². The molecule has 1 aliphatic rings. The molecule has 1 aliphatic heterocycles. The summed E-state index contributed by atoms with van der Waals surface area (Å²) in [7, 11) is 0. The number of anilines is 1. The van der Waals surface area contributed by atoms with Gasteiger partial charge in [-0.2, -0.15) is 11.8 Å². The lowest BCUT2D eigenvalue weighted by molar-refractivity contribution is -0.125. The summed E-state index contributed by atoms with van der Waals surface area (Å²) < 4.78 is 0. The van der Waals surface area contributed by atoms with Crippen molar-refractivity contribution in [3.8, 4) is 0 Å². The Morgan fingerprint density at radius 1 is 1.38 bits per heavy atom. The third kappa shape index (κ3) is 5.70. The molecule has 1 atom stereocenters. The Kier molecular flexibility index (Phi) is 8.61. The van der Waals surface area contributed by atoms with E-state index in [-0.39, 0.29) is 41.8 Å². The van der Waals surface area contributed by atoms with Gasteiger partial charge in [-0.15, -0.1) is 12.4 Å². The van der Waals surface area contributed by atoms with E-state index >= 15 is 0 Å². The van der Waals surface area contributed by atoms with Gasteiger partial charge in [-0.1, -0.05) is 23.9 Å². The molecule has 0 spiro atoms. The van der Waals surface area contributed by atoms with Gasteiger partial charge in [0.1, 0.15) is 0 Å². The number of hydrogen-bond acceptors (Lipinski definition) is 6. The number of carbonyl (C=O) groups excluding carboxylic acids is 3. The highest BCUT2D eigenvalue weighted by molar-refractivity contribution is 8.14. The van der Waals surface area contributed by atoms with Crippen LogP contribution in [-0.4, -0.2) is 45.8 Å². The van der Waals surface area contributed by atoms with Gasteiger partial charge in [0, 0.05) is 5.69 Å². The van der Waals surface area contributed by atoms with Gasteiger partial charge in [-0.3, -0.25) is 19.3 Å². The van der Waals surface area contributed by atoms with E-state index in [0.29, 0.717) is 12.1 Å². The van der Waals surface area contributed by atoms with Crippen molar-refractivity contribution in [1.29, 1.82) is 0 Å². The predicted octanol–water partition coefficient (Wildman–Crippen LogP) is 2.32. The Bertz CT molecular complexity index is 582. The standard InChI is InChI=1S/C15H19N3O3S2.ClH/c1-22-7-6-12(16)14(20)17-11-4-2-10(3-5-11)8-18-13(19)9-23-15(18)21;/h2-5,12H,6-9,16H2,1H3,(H,17,20);1H/t12-;/m0./s1. The highest BCUT2D eigenvalue weighted by Gasteiger charge is 2.29. The first-order chi connectivity index (χ1) is 11.0. The van der Waals surface area contributed by atoms with Crippen LogP contribution in [0.2, 0.25) is 0 Å². The number of thioether (sulfide) groups is 2. The maximum atomic E-state index is 11.9. The second kappa shape index (κ2) is 9.93. The fourth-order valence-electron chi connectivity index (χ4n) is 2.02. The van der Waals surface area contributed by atoms with Gasteiger partial charge in [-0.05, 0) is 36.1 Å². The lowest BCUT2D eigenvalue weighted by Crippen LogP contribution is -2.36. The number of carbonyl (C=O) groups is 3. The summed E-state index contributed by atoms with van der Waals surface area (Å²) in [6, 6.07) is 6.53. The van der Waals surface area contributed by atoms with E-state index in [4.69, 9.17) is 5.73 Å². The van der Waals surface area contributed by atoms with Crippen molar-refractivity contribution in [2.24, 2.45) is 5.73 Å². The Morgan fingerprint density at radius 2 is 2.04 bits per heavy atom. The van der Waals surface area contributed by atoms with Crippen LogP contribution in [0.25, 0.3) is 0 Å². The quantitative estimate of drug-likeness (QED) is 0.743. The average molecular weight is 390 g/mol. The fourth-order valence-corrected chi connectivity index (χ4v) is 3.24. The van der Waals surface area contributed by atoms with Gasteiger partial charge in [0.25, 0.3) is 5.24 Å². The minimum absolute atomic E-state index is 0. The first-order valence-electron chi connectivity index (χ1n) is 7.12. The molecule has 1 aromatic rings. The summed E-state index contributed by atoms with van der Waals surface area (Å²) in [5, 5.41) is 2.55. The minimum Gasteiger partial charge on any atom is -0.325 e. The molecule has 0 aliphatic carbocycles. The molecule has 3 amide bonds. The Hall–Kier alpha value is -1.22. The molecule has 0 aromatic heterocycles. The van der Waals surface area contributed by atoms with Crippen LogP contribution in [0.1, 0.15) is 12.0 Å². The maximum Gasteiger partial charge on any atom is 0.289 e. The lowest BCUT2D eigenvalue weighted by Gasteiger charge is -2.14. The number of hydrogen-bond donors (Lipinski definition) is 2. The molecule has 1 aromatic carbocycles. The van der Waals surface area contributed by atoms with Crippen molar-refractivity contribution >= 4 is 58.7 Å². The second-order valence-corrected chi connectivity index (χ2v) is 7.02. The second-order valence-electron chi connectivity index (χ2n) is 5.11. The summed E-state index contributed by atoms with van der Waals surface area (Å²) in [6.45, 7) is 0.256. The molecule has 0 saturated carbocycles. The van der Waals surface area contributed by atoms with Gasteiger partial charge in [0.2, 0.25) is 11.8 Å². The van der Waals surface area contributed by atoms with E-state index in [0.717, 1.165) is 23.1 Å². The number of nitrogens with zero attached hydrogens (tertiary/aromatic N) is 1. The summed E-state index contributed by atoms with van der Waals surface area (Å²) in [4.78, 5) is 36.3. The molecule has 9 heteroatoms. The smallest absolute Gasteiger partial charge is 0.289 e. The molecule has 1 saturated heterocycles. The van der Waals surface area contributed by atoms with Crippen LogP contribution >= 0.6 is 35.9 Å². The van der Waals surface area contributed by atoms with Crippen LogP contribution in [0, 0.1) is 0 Å². The molecule has 3 N–H and O–H groups in total. The molecule has 0 radical (unpaired) electrons. The van der Waals surface area contributed by atoms with Crippen molar-refractivity contribution in [3.05, 3.63) is 29.8 Å². The third-order valence-corrected chi connectivity index (χ3v) is 4.88. The SMILES string of the molecule is CSCC[C@H](N)C(=O)Nc1ccc(CN2C(=O)CSC2=O)cc1.Cl. The first kappa shape index (κ1) is 20.8. The summed E-state index contributed by atoms with van der Waals surface area (Å²) in [5.41, 5.74) is 7.29. The first-order valence-corrected chi connectivity index (χ1v) is 9.50. The number of nitrogens with two attached hydrogens (primary N) is 1. The number of rotatable bonds is 7. The molecular weight excluding hydrogens is 370 g/mol. The zero-order valence-corrected chi connectivity index (χ0v) is 15.6. The predicted molar refractivity (Wildman–Crippen MR) is 102 cm³/mol. The minimum atomic E-state index is -0.529. The number of benzene rings is 1. The highest BCUT2D eigenvalue weighted by Crippen LogP contribution is 2.21.